The summed E-state index contributed by atoms with van der Waals surface area (Å²) in [5, 5.41) is 4.38. The molecule has 0 aliphatic rings. The van der Waals surface area contributed by atoms with Crippen LogP contribution in [0.25, 0.3) is 11.0 Å². The topological polar surface area (TPSA) is 65.4 Å². The van der Waals surface area contributed by atoms with Crippen LogP contribution in [0.2, 0.25) is 10.0 Å². The maximum atomic E-state index is 12.6. The zero-order chi connectivity index (χ0) is 25.7. The third-order valence-electron chi connectivity index (χ3n) is 5.84. The molecule has 36 heavy (non-hydrogen) atoms. The molecule has 1 atom stereocenters. The van der Waals surface area contributed by atoms with E-state index in [0.29, 0.717) is 23.9 Å². The Hall–Kier alpha value is -3.22. The minimum atomic E-state index is -0.304. The fourth-order valence-electron chi connectivity index (χ4n) is 4.09. The van der Waals surface area contributed by atoms with Gasteiger partial charge < -0.3 is 19.4 Å². The highest BCUT2D eigenvalue weighted by Gasteiger charge is 2.18. The number of nitrogens with one attached hydrogen (secondary N) is 1. The number of para-hydroxylation sites is 2. The van der Waals surface area contributed by atoms with Gasteiger partial charge in [-0.3, -0.25) is 4.79 Å². The van der Waals surface area contributed by atoms with Crippen LogP contribution >= 0.6 is 23.2 Å². The van der Waals surface area contributed by atoms with Crippen molar-refractivity contribution in [2.24, 2.45) is 0 Å². The van der Waals surface area contributed by atoms with E-state index < -0.39 is 0 Å². The van der Waals surface area contributed by atoms with Gasteiger partial charge in [-0.2, -0.15) is 0 Å². The second-order valence-corrected chi connectivity index (χ2v) is 9.53. The summed E-state index contributed by atoms with van der Waals surface area (Å²) in [6.07, 6.45) is 0.772. The average molecular weight is 526 g/mol. The second-order valence-electron chi connectivity index (χ2n) is 8.72. The summed E-state index contributed by atoms with van der Waals surface area (Å²) in [6.45, 7) is 7.02. The van der Waals surface area contributed by atoms with Crippen LogP contribution in [0.3, 0.4) is 0 Å². The lowest BCUT2D eigenvalue weighted by Crippen LogP contribution is -2.32. The van der Waals surface area contributed by atoms with Crippen molar-refractivity contribution in [3.63, 3.8) is 0 Å². The zero-order valence-electron chi connectivity index (χ0n) is 20.6. The van der Waals surface area contributed by atoms with Crippen molar-refractivity contribution >= 4 is 40.1 Å². The molecule has 0 aliphatic carbocycles. The van der Waals surface area contributed by atoms with Crippen molar-refractivity contribution in [2.75, 3.05) is 13.2 Å². The van der Waals surface area contributed by atoms with Crippen LogP contribution in [0.5, 0.6) is 11.5 Å². The van der Waals surface area contributed by atoms with Crippen LogP contribution in [0.4, 0.5) is 0 Å². The highest BCUT2D eigenvalue weighted by molar-refractivity contribution is 6.32. The van der Waals surface area contributed by atoms with Gasteiger partial charge in [0.1, 0.15) is 17.3 Å². The van der Waals surface area contributed by atoms with Gasteiger partial charge in [-0.15, -0.1) is 0 Å². The number of fused-ring (bicyclic) bond motifs is 1. The fraction of sp³-hybridized carbons (Fsp3) is 0.286. The number of hydrogen-bond donors (Lipinski definition) is 1. The number of nitrogens with zero attached hydrogens (tertiary/aromatic N) is 2. The molecule has 3 aromatic carbocycles. The Morgan fingerprint density at radius 2 is 1.69 bits per heavy atom. The summed E-state index contributed by atoms with van der Waals surface area (Å²) in [4.78, 5) is 17.4. The van der Waals surface area contributed by atoms with Crippen molar-refractivity contribution in [1.82, 2.24) is 14.9 Å². The first kappa shape index (κ1) is 25.9. The largest absolute Gasteiger partial charge is 0.494 e. The normalized spacial score (nSPS) is 11.9. The Balaban J connectivity index is 1.39. The van der Waals surface area contributed by atoms with Crippen LogP contribution < -0.4 is 14.8 Å². The third kappa shape index (κ3) is 6.31. The first-order valence-corrected chi connectivity index (χ1v) is 12.6. The van der Waals surface area contributed by atoms with Gasteiger partial charge in [0.25, 0.3) is 5.91 Å². The molecule has 0 aliphatic heterocycles. The van der Waals surface area contributed by atoms with E-state index in [4.69, 9.17) is 37.7 Å². The number of aromatic nitrogens is 2. The predicted octanol–water partition coefficient (Wildman–Crippen LogP) is 6.69. The van der Waals surface area contributed by atoms with E-state index in [9.17, 15) is 4.79 Å². The highest BCUT2D eigenvalue weighted by Crippen LogP contribution is 2.26. The molecule has 0 fully saturated rings. The predicted molar refractivity (Wildman–Crippen MR) is 144 cm³/mol. The summed E-state index contributed by atoms with van der Waals surface area (Å²) in [5.74, 6) is 1.95. The lowest BCUT2D eigenvalue weighted by molar-refractivity contribution is -0.123. The third-order valence-corrected chi connectivity index (χ3v) is 6.69. The number of benzene rings is 3. The van der Waals surface area contributed by atoms with E-state index in [2.05, 4.69) is 9.88 Å². The maximum absolute atomic E-state index is 12.6. The number of aryl methyl sites for hydroxylation is 3. The number of ether oxygens (including phenoxy) is 2. The minimum absolute atomic E-state index is 0.0973. The van der Waals surface area contributed by atoms with Gasteiger partial charge in [0.2, 0.25) is 0 Å². The second kappa shape index (κ2) is 11.7. The molecule has 1 unspecified atom stereocenters. The number of imidazole rings is 1. The molecule has 6 nitrogen and oxygen atoms in total. The molecule has 0 saturated carbocycles. The SMILES string of the molecule is Cc1cc(OCCCn2c(C(C)NC(=O)COc3ccc(Cl)cc3)nc3ccccc32)cc(C)c1Cl. The number of carbonyl (C=O) groups is 1. The molecule has 0 saturated heterocycles. The zero-order valence-corrected chi connectivity index (χ0v) is 22.1. The van der Waals surface area contributed by atoms with E-state index in [0.717, 1.165) is 45.2 Å². The Morgan fingerprint density at radius 3 is 2.42 bits per heavy atom. The van der Waals surface area contributed by atoms with Crippen LogP contribution in [0.15, 0.2) is 60.7 Å². The fourth-order valence-corrected chi connectivity index (χ4v) is 4.32. The van der Waals surface area contributed by atoms with Gasteiger partial charge in [0.05, 0.1) is 23.7 Å². The van der Waals surface area contributed by atoms with E-state index >= 15 is 0 Å². The number of rotatable bonds is 10. The lowest BCUT2D eigenvalue weighted by atomic mass is 10.1. The molecule has 0 bridgehead atoms. The smallest absolute Gasteiger partial charge is 0.258 e. The van der Waals surface area contributed by atoms with Gasteiger partial charge in [0.15, 0.2) is 6.61 Å². The van der Waals surface area contributed by atoms with Crippen molar-refractivity contribution in [3.8, 4) is 11.5 Å². The Kier molecular flexibility index (Phi) is 8.39. The lowest BCUT2D eigenvalue weighted by Gasteiger charge is -2.17. The Morgan fingerprint density at radius 1 is 1.00 bits per heavy atom. The van der Waals surface area contributed by atoms with Crippen molar-refractivity contribution in [3.05, 3.63) is 87.7 Å². The number of carbonyl (C=O) groups excluding carboxylic acids is 1. The molecule has 0 spiro atoms. The van der Waals surface area contributed by atoms with Gasteiger partial charge in [-0.25, -0.2) is 4.98 Å². The molecular weight excluding hydrogens is 497 g/mol. The molecular formula is C28H29Cl2N3O3. The number of halogens is 2. The number of amides is 1. The maximum Gasteiger partial charge on any atom is 0.258 e. The average Bonchev–Trinajstić information content (AvgIpc) is 3.23. The molecule has 1 N–H and O–H groups in total. The van der Waals surface area contributed by atoms with Crippen molar-refractivity contribution in [2.45, 2.75) is 39.8 Å². The summed E-state index contributed by atoms with van der Waals surface area (Å²) in [6, 6.07) is 18.5. The summed E-state index contributed by atoms with van der Waals surface area (Å²) in [7, 11) is 0. The van der Waals surface area contributed by atoms with Crippen LogP contribution in [0, 0.1) is 13.8 Å². The van der Waals surface area contributed by atoms with Crippen molar-refractivity contribution in [1.29, 1.82) is 0 Å². The quantitative estimate of drug-likeness (QED) is 0.234. The molecule has 4 rings (SSSR count). The summed E-state index contributed by atoms with van der Waals surface area (Å²) >= 11 is 12.2. The van der Waals surface area contributed by atoms with Crippen LogP contribution in [-0.2, 0) is 11.3 Å². The molecule has 1 aromatic heterocycles. The molecule has 188 valence electrons. The molecule has 4 aromatic rings. The van der Waals surface area contributed by atoms with Crippen LogP contribution in [-0.4, -0.2) is 28.7 Å². The molecule has 1 amide bonds. The van der Waals surface area contributed by atoms with Crippen molar-refractivity contribution < 1.29 is 14.3 Å². The van der Waals surface area contributed by atoms with Crippen LogP contribution in [0.1, 0.15) is 36.3 Å². The monoisotopic (exact) mass is 525 g/mol. The Labute approximate surface area is 221 Å². The molecule has 8 heteroatoms. The highest BCUT2D eigenvalue weighted by atomic mass is 35.5. The summed E-state index contributed by atoms with van der Waals surface area (Å²) < 4.78 is 13.7. The first-order valence-electron chi connectivity index (χ1n) is 11.8. The Bertz CT molecular complexity index is 1330. The van der Waals surface area contributed by atoms with Gasteiger partial charge in [-0.1, -0.05) is 35.3 Å². The molecule has 1 heterocycles. The molecule has 0 radical (unpaired) electrons. The van der Waals surface area contributed by atoms with E-state index in [1.807, 2.05) is 57.2 Å². The summed E-state index contributed by atoms with van der Waals surface area (Å²) in [5.41, 5.74) is 3.90. The van der Waals surface area contributed by atoms with E-state index in [1.165, 1.54) is 0 Å². The minimum Gasteiger partial charge on any atom is -0.494 e. The van der Waals surface area contributed by atoms with Gasteiger partial charge in [0, 0.05) is 16.6 Å². The standard InChI is InChI=1S/C28H29Cl2N3O3/c1-18-15-23(16-19(2)27(18)30)35-14-6-13-33-25-8-5-4-7-24(25)32-28(33)20(3)31-26(34)17-36-22-11-9-21(29)10-12-22/h4-5,7-12,15-16,20H,6,13-14,17H2,1-3H3,(H,31,34). The van der Waals surface area contributed by atoms with Gasteiger partial charge >= 0.3 is 0 Å². The van der Waals surface area contributed by atoms with E-state index in [1.54, 1.807) is 24.3 Å². The van der Waals surface area contributed by atoms with Gasteiger partial charge in [-0.05, 0) is 86.8 Å². The first-order chi connectivity index (χ1) is 17.3. The number of hydrogen-bond acceptors (Lipinski definition) is 4. The van der Waals surface area contributed by atoms with E-state index in [-0.39, 0.29) is 18.6 Å².